The second-order valence-electron chi connectivity index (χ2n) is 7.56. The summed E-state index contributed by atoms with van der Waals surface area (Å²) in [6.07, 6.45) is 0.729. The first kappa shape index (κ1) is 19.9. The van der Waals surface area contributed by atoms with E-state index in [9.17, 15) is 4.79 Å². The molecule has 1 N–H and O–H groups in total. The fraction of sp³-hybridized carbons (Fsp3) is 0.348. The number of nitrogens with zero attached hydrogens (tertiary/aromatic N) is 4. The van der Waals surface area contributed by atoms with E-state index in [0.717, 1.165) is 42.0 Å². The monoisotopic (exact) mass is 405 g/mol. The number of rotatable bonds is 4. The molecule has 1 fully saturated rings. The van der Waals surface area contributed by atoms with Gasteiger partial charge in [-0.1, -0.05) is 24.2 Å². The third-order valence-electron chi connectivity index (χ3n) is 5.67. The van der Waals surface area contributed by atoms with Crippen molar-refractivity contribution in [2.24, 2.45) is 0 Å². The SMILES string of the molecule is CCc1nc(-c2ccc(N3CCN(C(=O)Nc4cccc(C)c4C)CC3)cc2)no1. The molecule has 1 aliphatic rings. The van der Waals surface area contributed by atoms with Crippen LogP contribution in [0.1, 0.15) is 23.9 Å². The highest BCUT2D eigenvalue weighted by molar-refractivity contribution is 5.90. The van der Waals surface area contributed by atoms with Gasteiger partial charge in [-0.05, 0) is 55.3 Å². The Labute approximate surface area is 176 Å². The largest absolute Gasteiger partial charge is 0.368 e. The molecular weight excluding hydrogens is 378 g/mol. The van der Waals surface area contributed by atoms with E-state index in [-0.39, 0.29) is 6.03 Å². The fourth-order valence-corrected chi connectivity index (χ4v) is 3.59. The van der Waals surface area contributed by atoms with Gasteiger partial charge in [0.2, 0.25) is 11.7 Å². The predicted molar refractivity (Wildman–Crippen MR) is 118 cm³/mol. The first-order chi connectivity index (χ1) is 14.5. The van der Waals surface area contributed by atoms with E-state index < -0.39 is 0 Å². The molecule has 2 aromatic carbocycles. The molecule has 1 aliphatic heterocycles. The molecule has 0 bridgehead atoms. The van der Waals surface area contributed by atoms with Gasteiger partial charge < -0.3 is 19.6 Å². The molecule has 3 aromatic rings. The lowest BCUT2D eigenvalue weighted by Crippen LogP contribution is -2.50. The normalized spacial score (nSPS) is 14.1. The average Bonchev–Trinajstić information content (AvgIpc) is 3.26. The van der Waals surface area contributed by atoms with Crippen LogP contribution in [-0.4, -0.2) is 47.3 Å². The van der Waals surface area contributed by atoms with Gasteiger partial charge in [0.15, 0.2) is 0 Å². The first-order valence-electron chi connectivity index (χ1n) is 10.3. The van der Waals surface area contributed by atoms with Crippen LogP contribution >= 0.6 is 0 Å². The lowest BCUT2D eigenvalue weighted by Gasteiger charge is -2.36. The number of nitrogens with one attached hydrogen (secondary N) is 1. The fourth-order valence-electron chi connectivity index (χ4n) is 3.59. The van der Waals surface area contributed by atoms with E-state index in [1.54, 1.807) is 0 Å². The van der Waals surface area contributed by atoms with Crippen LogP contribution in [0.25, 0.3) is 11.4 Å². The van der Waals surface area contributed by atoms with Crippen molar-refractivity contribution in [2.75, 3.05) is 36.4 Å². The van der Waals surface area contributed by atoms with E-state index in [2.05, 4.69) is 45.5 Å². The minimum Gasteiger partial charge on any atom is -0.368 e. The summed E-state index contributed by atoms with van der Waals surface area (Å²) in [5, 5.41) is 7.08. The molecular formula is C23H27N5O2. The number of benzene rings is 2. The number of hydrogen-bond acceptors (Lipinski definition) is 5. The van der Waals surface area contributed by atoms with Crippen LogP contribution in [0.2, 0.25) is 0 Å². The molecule has 156 valence electrons. The number of piperazine rings is 1. The van der Waals surface area contributed by atoms with E-state index in [1.165, 1.54) is 5.56 Å². The van der Waals surface area contributed by atoms with Crippen molar-refractivity contribution in [1.82, 2.24) is 15.0 Å². The highest BCUT2D eigenvalue weighted by Crippen LogP contribution is 2.23. The van der Waals surface area contributed by atoms with Crippen LogP contribution in [0, 0.1) is 13.8 Å². The summed E-state index contributed by atoms with van der Waals surface area (Å²) >= 11 is 0. The molecule has 0 atom stereocenters. The van der Waals surface area contributed by atoms with Crippen LogP contribution in [0.4, 0.5) is 16.2 Å². The Kier molecular flexibility index (Phi) is 5.70. The van der Waals surface area contributed by atoms with Crippen LogP contribution in [-0.2, 0) is 6.42 Å². The van der Waals surface area contributed by atoms with Crippen LogP contribution in [0.15, 0.2) is 47.0 Å². The third-order valence-corrected chi connectivity index (χ3v) is 5.67. The number of anilines is 2. The average molecular weight is 406 g/mol. The van der Waals surface area contributed by atoms with Gasteiger partial charge in [0, 0.05) is 49.5 Å². The number of carbonyl (C=O) groups is 1. The standard InChI is InChI=1S/C23H27N5O2/c1-4-21-25-22(26-30-21)18-8-10-19(11-9-18)27-12-14-28(15-13-27)23(29)24-20-7-5-6-16(2)17(20)3/h5-11H,4,12-15H2,1-3H3,(H,24,29). The van der Waals surface area contributed by atoms with E-state index in [1.807, 2.05) is 43.0 Å². The summed E-state index contributed by atoms with van der Waals surface area (Å²) in [6.45, 7) is 9.03. The second-order valence-corrected chi connectivity index (χ2v) is 7.56. The molecule has 1 saturated heterocycles. The predicted octanol–water partition coefficient (Wildman–Crippen LogP) is 4.27. The molecule has 2 heterocycles. The van der Waals surface area contributed by atoms with E-state index in [4.69, 9.17) is 4.52 Å². The number of hydrogen-bond donors (Lipinski definition) is 1. The molecule has 7 heteroatoms. The van der Waals surface area contributed by atoms with Gasteiger partial charge in [0.1, 0.15) is 0 Å². The van der Waals surface area contributed by atoms with Crippen molar-refractivity contribution >= 4 is 17.4 Å². The number of aromatic nitrogens is 2. The van der Waals surface area contributed by atoms with E-state index >= 15 is 0 Å². The molecule has 30 heavy (non-hydrogen) atoms. The molecule has 4 rings (SSSR count). The zero-order valence-electron chi connectivity index (χ0n) is 17.7. The minimum absolute atomic E-state index is 0.0393. The Morgan fingerprint density at radius 3 is 2.47 bits per heavy atom. The van der Waals surface area contributed by atoms with Gasteiger partial charge in [-0.3, -0.25) is 0 Å². The number of aryl methyl sites for hydroxylation is 2. The molecule has 7 nitrogen and oxygen atoms in total. The summed E-state index contributed by atoms with van der Waals surface area (Å²) in [5.41, 5.74) is 5.23. The molecule has 0 unspecified atom stereocenters. The second kappa shape index (κ2) is 8.57. The molecule has 0 radical (unpaired) electrons. The Hall–Kier alpha value is -3.35. The summed E-state index contributed by atoms with van der Waals surface area (Å²) in [4.78, 5) is 21.2. The van der Waals surface area contributed by atoms with Crippen molar-refractivity contribution in [2.45, 2.75) is 27.2 Å². The molecule has 2 amide bonds. The molecule has 1 aromatic heterocycles. The highest BCUT2D eigenvalue weighted by Gasteiger charge is 2.22. The first-order valence-corrected chi connectivity index (χ1v) is 10.3. The number of urea groups is 1. The van der Waals surface area contributed by atoms with Crippen molar-refractivity contribution in [1.29, 1.82) is 0 Å². The minimum atomic E-state index is -0.0393. The summed E-state index contributed by atoms with van der Waals surface area (Å²) < 4.78 is 5.19. The van der Waals surface area contributed by atoms with Crippen molar-refractivity contribution in [3.8, 4) is 11.4 Å². The zero-order chi connectivity index (χ0) is 21.1. The molecule has 0 spiro atoms. The van der Waals surface area contributed by atoms with E-state index in [0.29, 0.717) is 24.8 Å². The number of amides is 2. The number of carbonyl (C=O) groups excluding carboxylic acids is 1. The summed E-state index contributed by atoms with van der Waals surface area (Å²) in [6, 6.07) is 14.1. The van der Waals surface area contributed by atoms with Crippen molar-refractivity contribution in [3.05, 3.63) is 59.5 Å². The van der Waals surface area contributed by atoms with Gasteiger partial charge in [0.05, 0.1) is 0 Å². The summed E-state index contributed by atoms with van der Waals surface area (Å²) in [7, 11) is 0. The Morgan fingerprint density at radius 1 is 1.07 bits per heavy atom. The van der Waals surface area contributed by atoms with Crippen molar-refractivity contribution < 1.29 is 9.32 Å². The lowest BCUT2D eigenvalue weighted by atomic mass is 10.1. The Morgan fingerprint density at radius 2 is 1.80 bits per heavy atom. The van der Waals surface area contributed by atoms with Crippen molar-refractivity contribution in [3.63, 3.8) is 0 Å². The maximum atomic E-state index is 12.7. The highest BCUT2D eigenvalue weighted by atomic mass is 16.5. The topological polar surface area (TPSA) is 74.5 Å². The van der Waals surface area contributed by atoms with Crippen LogP contribution in [0.5, 0.6) is 0 Å². The van der Waals surface area contributed by atoms with Gasteiger partial charge in [-0.15, -0.1) is 0 Å². The van der Waals surface area contributed by atoms with Gasteiger partial charge in [-0.25, -0.2) is 4.79 Å². The lowest BCUT2D eigenvalue weighted by molar-refractivity contribution is 0.208. The maximum absolute atomic E-state index is 12.7. The molecule has 0 saturated carbocycles. The van der Waals surface area contributed by atoms with Gasteiger partial charge in [0.25, 0.3) is 0 Å². The Bertz CT molecular complexity index is 1020. The smallest absolute Gasteiger partial charge is 0.321 e. The quantitative estimate of drug-likeness (QED) is 0.702. The Balaban J connectivity index is 1.35. The van der Waals surface area contributed by atoms with Crippen LogP contribution < -0.4 is 10.2 Å². The third kappa shape index (κ3) is 4.15. The molecule has 0 aliphatic carbocycles. The summed E-state index contributed by atoms with van der Waals surface area (Å²) in [5.74, 6) is 1.26. The maximum Gasteiger partial charge on any atom is 0.321 e. The zero-order valence-corrected chi connectivity index (χ0v) is 17.7. The van der Waals surface area contributed by atoms with Gasteiger partial charge >= 0.3 is 6.03 Å². The van der Waals surface area contributed by atoms with Gasteiger partial charge in [-0.2, -0.15) is 4.98 Å². The van der Waals surface area contributed by atoms with Crippen LogP contribution in [0.3, 0.4) is 0 Å².